The monoisotopic (exact) mass is 363 g/mol. The van der Waals surface area contributed by atoms with Crippen LogP contribution >= 0.6 is 23.6 Å². The van der Waals surface area contributed by atoms with Crippen molar-refractivity contribution in [3.63, 3.8) is 0 Å². The highest BCUT2D eigenvalue weighted by molar-refractivity contribution is 7.73. The van der Waals surface area contributed by atoms with Crippen molar-refractivity contribution in [1.29, 1.82) is 0 Å². The average molecular weight is 364 g/mol. The number of aromatic nitrogens is 1. The smallest absolute Gasteiger partial charge is 0.265 e. The van der Waals surface area contributed by atoms with Crippen LogP contribution in [-0.2, 0) is 4.74 Å². The first kappa shape index (κ1) is 17.1. The molecule has 1 saturated heterocycles. The van der Waals surface area contributed by atoms with Gasteiger partial charge in [-0.1, -0.05) is 17.4 Å². The molecule has 24 heavy (non-hydrogen) atoms. The summed E-state index contributed by atoms with van der Waals surface area (Å²) in [5.74, 6) is 0.194. The molecule has 1 aliphatic rings. The summed E-state index contributed by atoms with van der Waals surface area (Å²) in [5.41, 5.74) is 9.47. The number of benzene rings is 1. The molecule has 1 unspecified atom stereocenters. The highest BCUT2D eigenvalue weighted by Crippen LogP contribution is 2.27. The molecule has 0 aliphatic carbocycles. The molecule has 5 nitrogen and oxygen atoms in total. The molecule has 0 saturated carbocycles. The Morgan fingerprint density at radius 2 is 2.25 bits per heavy atom. The second-order valence-electron chi connectivity index (χ2n) is 6.03. The quantitative estimate of drug-likeness (QED) is 0.817. The predicted molar refractivity (Wildman–Crippen MR) is 99.7 cm³/mol. The number of anilines is 1. The summed E-state index contributed by atoms with van der Waals surface area (Å²) in [6.07, 6.45) is 2.13. The third-order valence-corrected chi connectivity index (χ3v) is 5.70. The van der Waals surface area contributed by atoms with Gasteiger partial charge in [-0.05, 0) is 62.2 Å². The minimum atomic E-state index is -0.193. The molecule has 0 spiro atoms. The molecule has 1 fully saturated rings. The van der Waals surface area contributed by atoms with Crippen molar-refractivity contribution in [1.82, 2.24) is 9.88 Å². The Balaban J connectivity index is 1.84. The van der Waals surface area contributed by atoms with Gasteiger partial charge in [-0.3, -0.25) is 9.36 Å². The van der Waals surface area contributed by atoms with Crippen LogP contribution < -0.4 is 11.1 Å². The number of carbonyl (C=O) groups excluding carboxylic acids is 1. The minimum Gasteiger partial charge on any atom is -0.383 e. The van der Waals surface area contributed by atoms with Gasteiger partial charge in [0.2, 0.25) is 0 Å². The SMILES string of the molecule is Cc1ccc(-n2c(N)c(C(=O)NCC3CCCO3)sc2=S)cc1C. The summed E-state index contributed by atoms with van der Waals surface area (Å²) in [5, 5.41) is 2.90. The first-order valence-corrected chi connectivity index (χ1v) is 9.18. The number of hydrogen-bond donors (Lipinski definition) is 2. The number of amides is 1. The summed E-state index contributed by atoms with van der Waals surface area (Å²) in [7, 11) is 0. The van der Waals surface area contributed by atoms with Crippen LogP contribution in [0.2, 0.25) is 0 Å². The van der Waals surface area contributed by atoms with Gasteiger partial charge in [0.25, 0.3) is 5.91 Å². The van der Waals surface area contributed by atoms with Gasteiger partial charge in [-0.25, -0.2) is 0 Å². The van der Waals surface area contributed by atoms with Crippen molar-refractivity contribution >= 4 is 35.3 Å². The van der Waals surface area contributed by atoms with Gasteiger partial charge in [0.1, 0.15) is 10.7 Å². The molecule has 1 aromatic heterocycles. The third kappa shape index (κ3) is 3.38. The van der Waals surface area contributed by atoms with Crippen molar-refractivity contribution in [2.45, 2.75) is 32.8 Å². The maximum atomic E-state index is 12.4. The molecule has 3 rings (SSSR count). The molecular weight excluding hydrogens is 342 g/mol. The molecule has 1 amide bonds. The van der Waals surface area contributed by atoms with Gasteiger partial charge < -0.3 is 15.8 Å². The second-order valence-corrected chi connectivity index (χ2v) is 7.68. The Hall–Kier alpha value is -1.70. The molecule has 3 N–H and O–H groups in total. The normalized spacial score (nSPS) is 17.2. The van der Waals surface area contributed by atoms with E-state index >= 15 is 0 Å². The Morgan fingerprint density at radius 1 is 1.46 bits per heavy atom. The number of carbonyl (C=O) groups is 1. The van der Waals surface area contributed by atoms with Crippen molar-refractivity contribution in [3.05, 3.63) is 38.2 Å². The molecule has 0 radical (unpaired) electrons. The van der Waals surface area contributed by atoms with Crippen molar-refractivity contribution < 1.29 is 9.53 Å². The summed E-state index contributed by atoms with van der Waals surface area (Å²) < 4.78 is 7.85. The zero-order valence-corrected chi connectivity index (χ0v) is 15.4. The number of ether oxygens (including phenoxy) is 1. The van der Waals surface area contributed by atoms with E-state index in [1.807, 2.05) is 25.1 Å². The molecule has 1 aromatic carbocycles. The fourth-order valence-electron chi connectivity index (χ4n) is 2.75. The topological polar surface area (TPSA) is 69.3 Å². The van der Waals surface area contributed by atoms with E-state index in [9.17, 15) is 4.79 Å². The number of nitrogens with one attached hydrogen (secondary N) is 1. The molecule has 128 valence electrons. The summed E-state index contributed by atoms with van der Waals surface area (Å²) in [6.45, 7) is 5.37. The van der Waals surface area contributed by atoms with E-state index in [2.05, 4.69) is 12.2 Å². The van der Waals surface area contributed by atoms with Crippen molar-refractivity contribution in [2.24, 2.45) is 0 Å². The van der Waals surface area contributed by atoms with E-state index in [-0.39, 0.29) is 12.0 Å². The van der Waals surface area contributed by atoms with E-state index < -0.39 is 0 Å². The van der Waals surface area contributed by atoms with Gasteiger partial charge in [0.05, 0.1) is 6.10 Å². The second kappa shape index (κ2) is 7.04. The van der Waals surface area contributed by atoms with Crippen LogP contribution in [0.1, 0.15) is 33.6 Å². The number of thiazole rings is 1. The molecule has 2 heterocycles. The summed E-state index contributed by atoms with van der Waals surface area (Å²) in [4.78, 5) is 12.9. The van der Waals surface area contributed by atoms with E-state index in [1.165, 1.54) is 16.9 Å². The lowest BCUT2D eigenvalue weighted by Crippen LogP contribution is -2.31. The van der Waals surface area contributed by atoms with Crippen LogP contribution in [0.15, 0.2) is 18.2 Å². The van der Waals surface area contributed by atoms with Gasteiger partial charge >= 0.3 is 0 Å². The van der Waals surface area contributed by atoms with E-state index in [0.717, 1.165) is 30.7 Å². The van der Waals surface area contributed by atoms with E-state index in [0.29, 0.717) is 21.2 Å². The number of nitrogen functional groups attached to an aromatic ring is 1. The number of nitrogens with two attached hydrogens (primary N) is 1. The fourth-order valence-corrected chi connectivity index (χ4v) is 4.03. The average Bonchev–Trinajstić information content (AvgIpc) is 3.16. The van der Waals surface area contributed by atoms with Crippen LogP contribution in [0.25, 0.3) is 5.69 Å². The zero-order valence-electron chi connectivity index (χ0n) is 13.8. The van der Waals surface area contributed by atoms with Crippen LogP contribution in [0.3, 0.4) is 0 Å². The first-order chi connectivity index (χ1) is 11.5. The molecule has 2 aromatic rings. The molecule has 1 aliphatic heterocycles. The molecular formula is C17H21N3O2S2. The Kier molecular flexibility index (Phi) is 5.03. The van der Waals surface area contributed by atoms with Crippen molar-refractivity contribution in [2.75, 3.05) is 18.9 Å². The van der Waals surface area contributed by atoms with E-state index in [4.69, 9.17) is 22.7 Å². The lowest BCUT2D eigenvalue weighted by atomic mass is 10.1. The standard InChI is InChI=1S/C17H21N3O2S2/c1-10-5-6-12(8-11(10)2)20-15(18)14(24-17(20)23)16(21)19-9-13-4-3-7-22-13/h5-6,8,13H,3-4,7,9,18H2,1-2H3,(H,19,21). The van der Waals surface area contributed by atoms with Gasteiger partial charge in [-0.2, -0.15) is 0 Å². The fraction of sp³-hybridized carbons (Fsp3) is 0.412. The predicted octanol–water partition coefficient (Wildman–Crippen LogP) is 3.38. The Morgan fingerprint density at radius 3 is 2.92 bits per heavy atom. The highest BCUT2D eigenvalue weighted by atomic mass is 32.1. The van der Waals surface area contributed by atoms with Gasteiger partial charge in [-0.15, -0.1) is 0 Å². The van der Waals surface area contributed by atoms with Crippen LogP contribution in [0, 0.1) is 17.8 Å². The lowest BCUT2D eigenvalue weighted by Gasteiger charge is -2.11. The number of aryl methyl sites for hydroxylation is 2. The largest absolute Gasteiger partial charge is 0.383 e. The Bertz CT molecular complexity index is 820. The highest BCUT2D eigenvalue weighted by Gasteiger charge is 2.21. The summed E-state index contributed by atoms with van der Waals surface area (Å²) >= 11 is 6.66. The van der Waals surface area contributed by atoms with Gasteiger partial charge in [0, 0.05) is 18.8 Å². The third-order valence-electron chi connectivity index (χ3n) is 4.31. The van der Waals surface area contributed by atoms with E-state index in [1.54, 1.807) is 4.57 Å². The molecule has 1 atom stereocenters. The number of nitrogens with zero attached hydrogens (tertiary/aromatic N) is 1. The van der Waals surface area contributed by atoms with Crippen molar-refractivity contribution in [3.8, 4) is 5.69 Å². The minimum absolute atomic E-state index is 0.102. The molecule has 0 bridgehead atoms. The van der Waals surface area contributed by atoms with Crippen LogP contribution in [0.5, 0.6) is 0 Å². The first-order valence-electron chi connectivity index (χ1n) is 7.96. The number of hydrogen-bond acceptors (Lipinski definition) is 5. The summed E-state index contributed by atoms with van der Waals surface area (Å²) in [6, 6.07) is 6.03. The van der Waals surface area contributed by atoms with Crippen LogP contribution in [0.4, 0.5) is 5.82 Å². The lowest BCUT2D eigenvalue weighted by molar-refractivity contribution is 0.0861. The number of rotatable bonds is 4. The Labute approximate surface area is 150 Å². The molecule has 7 heteroatoms. The zero-order chi connectivity index (χ0) is 17.3. The maximum Gasteiger partial charge on any atom is 0.265 e. The van der Waals surface area contributed by atoms with Gasteiger partial charge in [0.15, 0.2) is 3.95 Å². The van der Waals surface area contributed by atoms with Crippen LogP contribution in [-0.4, -0.2) is 29.7 Å². The maximum absolute atomic E-state index is 12.4.